The number of rotatable bonds is 9. The topological polar surface area (TPSA) is 65.2 Å². The average Bonchev–Trinajstić information content (AvgIpc) is 3.23. The van der Waals surface area contributed by atoms with E-state index < -0.39 is 5.97 Å². The van der Waals surface area contributed by atoms with Crippen LogP contribution in [0.4, 0.5) is 0 Å². The summed E-state index contributed by atoms with van der Waals surface area (Å²) in [5.74, 6) is -0.400. The number of esters is 1. The Balaban J connectivity index is 1.52. The molecular formula is C23H25N3O3. The van der Waals surface area contributed by atoms with E-state index in [1.807, 2.05) is 30.5 Å². The number of hydrogen-bond acceptors (Lipinski definition) is 5. The highest BCUT2D eigenvalue weighted by molar-refractivity contribution is 6.08. The highest BCUT2D eigenvalue weighted by Crippen LogP contribution is 2.24. The Hall–Kier alpha value is -3.15. The van der Waals surface area contributed by atoms with E-state index >= 15 is 0 Å². The quantitative estimate of drug-likeness (QED) is 0.241. The summed E-state index contributed by atoms with van der Waals surface area (Å²) >= 11 is 0. The van der Waals surface area contributed by atoms with Crippen LogP contribution in [0.3, 0.4) is 0 Å². The molecule has 0 unspecified atom stereocenters. The number of carbonyl (C=O) groups is 1. The van der Waals surface area contributed by atoms with Gasteiger partial charge in [0, 0.05) is 17.8 Å². The number of pyridine rings is 2. The van der Waals surface area contributed by atoms with E-state index in [9.17, 15) is 4.79 Å². The molecule has 0 fully saturated rings. The zero-order chi connectivity index (χ0) is 20.1. The minimum absolute atomic E-state index is 0.212. The van der Waals surface area contributed by atoms with Crippen LogP contribution in [0.5, 0.6) is 0 Å². The predicted octanol–water partition coefficient (Wildman–Crippen LogP) is 4.42. The minimum atomic E-state index is -0.400. The zero-order valence-corrected chi connectivity index (χ0v) is 16.6. The number of hydrogen-bond donors (Lipinski definition) is 0. The van der Waals surface area contributed by atoms with Gasteiger partial charge in [-0.05, 0) is 36.1 Å². The summed E-state index contributed by atoms with van der Waals surface area (Å²) in [6.45, 7) is 2.40. The lowest BCUT2D eigenvalue weighted by Gasteiger charge is -2.09. The molecule has 0 aliphatic carbocycles. The molecule has 0 aliphatic heterocycles. The van der Waals surface area contributed by atoms with Gasteiger partial charge in [0.1, 0.15) is 5.52 Å². The largest absolute Gasteiger partial charge is 0.463 e. The number of ether oxygens (including phenoxy) is 1. The van der Waals surface area contributed by atoms with Crippen LogP contribution in [-0.4, -0.2) is 28.6 Å². The van der Waals surface area contributed by atoms with Crippen molar-refractivity contribution in [3.63, 3.8) is 0 Å². The number of aromatic nitrogens is 2. The molecule has 6 heteroatoms. The summed E-state index contributed by atoms with van der Waals surface area (Å²) in [7, 11) is 0. The van der Waals surface area contributed by atoms with Crippen LogP contribution in [-0.2, 0) is 14.4 Å². The second-order valence-electron chi connectivity index (χ2n) is 7.15. The Morgan fingerprint density at radius 1 is 1.07 bits per heavy atom. The van der Waals surface area contributed by atoms with Crippen LogP contribution in [0.15, 0.2) is 53.9 Å². The third-order valence-corrected chi connectivity index (χ3v) is 5.09. The van der Waals surface area contributed by atoms with Crippen LogP contribution < -0.4 is 5.36 Å². The third kappa shape index (κ3) is 4.01. The molecule has 0 aliphatic rings. The number of nitrogens with zero attached hydrogens (tertiary/aromatic N) is 3. The van der Waals surface area contributed by atoms with Gasteiger partial charge in [0.05, 0.1) is 17.6 Å². The first kappa shape index (κ1) is 19.2. The predicted molar refractivity (Wildman–Crippen MR) is 113 cm³/mol. The van der Waals surface area contributed by atoms with Crippen molar-refractivity contribution in [1.29, 1.82) is 0 Å². The van der Waals surface area contributed by atoms with Gasteiger partial charge in [0.15, 0.2) is 5.36 Å². The molecule has 0 bridgehead atoms. The summed E-state index contributed by atoms with van der Waals surface area (Å²) in [6, 6.07) is 12.0. The SMILES string of the molecule is CCCCCCCOC(=O)CO/N=c1\c2nccc3cccc(c32)n2cccc12. The van der Waals surface area contributed by atoms with Gasteiger partial charge in [0.2, 0.25) is 6.61 Å². The third-order valence-electron chi connectivity index (χ3n) is 5.09. The Morgan fingerprint density at radius 3 is 2.83 bits per heavy atom. The molecule has 150 valence electrons. The maximum atomic E-state index is 11.9. The number of unbranched alkanes of at least 4 members (excludes halogenated alkanes) is 4. The normalized spacial score (nSPS) is 12.2. The van der Waals surface area contributed by atoms with Crippen molar-refractivity contribution in [1.82, 2.24) is 9.38 Å². The lowest BCUT2D eigenvalue weighted by atomic mass is 10.1. The molecule has 0 saturated heterocycles. The lowest BCUT2D eigenvalue weighted by molar-refractivity contribution is -0.149. The molecule has 0 amide bonds. The Bertz CT molecular complexity index is 1180. The van der Waals surface area contributed by atoms with Crippen LogP contribution in [0, 0.1) is 0 Å². The standard InChI is InChI=1S/C23H25N3O3/c1-2-3-4-5-6-15-28-20(27)16-29-25-22-19-11-8-14-26(19)18-10-7-9-17-12-13-24-23(22)21(17)18/h7-14H,2-6,15-16H2,1H3/b25-22-. The van der Waals surface area contributed by atoms with E-state index in [2.05, 4.69) is 33.6 Å². The van der Waals surface area contributed by atoms with Gasteiger partial charge in [-0.15, -0.1) is 0 Å². The van der Waals surface area contributed by atoms with E-state index in [-0.39, 0.29) is 6.61 Å². The minimum Gasteiger partial charge on any atom is -0.463 e. The first-order valence-electron chi connectivity index (χ1n) is 10.2. The van der Waals surface area contributed by atoms with E-state index in [1.54, 1.807) is 6.20 Å². The van der Waals surface area contributed by atoms with Crippen molar-refractivity contribution < 1.29 is 14.4 Å². The molecule has 0 saturated carbocycles. The highest BCUT2D eigenvalue weighted by atomic mass is 16.6. The summed E-state index contributed by atoms with van der Waals surface area (Å²) in [6.07, 6.45) is 9.32. The molecular weight excluding hydrogens is 366 g/mol. The van der Waals surface area contributed by atoms with Crippen molar-refractivity contribution in [3.8, 4) is 0 Å². The summed E-state index contributed by atoms with van der Waals surface area (Å²) in [5, 5.41) is 6.99. The first-order valence-corrected chi connectivity index (χ1v) is 10.2. The van der Waals surface area contributed by atoms with Gasteiger partial charge in [-0.1, -0.05) is 49.9 Å². The fraction of sp³-hybridized carbons (Fsp3) is 0.348. The van der Waals surface area contributed by atoms with Gasteiger partial charge in [-0.2, -0.15) is 0 Å². The number of carbonyl (C=O) groups excluding carboxylic acids is 1. The molecule has 0 N–H and O–H groups in total. The molecule has 0 radical (unpaired) electrons. The van der Waals surface area contributed by atoms with E-state index in [0.29, 0.717) is 12.0 Å². The van der Waals surface area contributed by atoms with Gasteiger partial charge >= 0.3 is 5.97 Å². The van der Waals surface area contributed by atoms with Gasteiger partial charge in [-0.25, -0.2) is 4.79 Å². The monoisotopic (exact) mass is 391 g/mol. The molecule has 1 aromatic carbocycles. The van der Waals surface area contributed by atoms with Crippen LogP contribution in [0.25, 0.3) is 27.3 Å². The van der Waals surface area contributed by atoms with Crippen molar-refractivity contribution in [2.45, 2.75) is 39.0 Å². The first-order chi connectivity index (χ1) is 14.3. The Labute approximate surface area is 169 Å². The molecule has 3 heterocycles. The van der Waals surface area contributed by atoms with Gasteiger partial charge in [0.25, 0.3) is 0 Å². The van der Waals surface area contributed by atoms with Gasteiger partial charge in [-0.3, -0.25) is 4.98 Å². The molecule has 3 aromatic heterocycles. The maximum absolute atomic E-state index is 11.9. The molecule has 6 nitrogen and oxygen atoms in total. The van der Waals surface area contributed by atoms with E-state index in [0.717, 1.165) is 40.2 Å². The van der Waals surface area contributed by atoms with Crippen LogP contribution >= 0.6 is 0 Å². The lowest BCUT2D eigenvalue weighted by Crippen LogP contribution is -2.15. The summed E-state index contributed by atoms with van der Waals surface area (Å²) in [5.41, 5.74) is 2.70. The van der Waals surface area contributed by atoms with Crippen molar-refractivity contribution >= 4 is 33.3 Å². The molecule has 4 aromatic rings. The number of benzene rings is 1. The van der Waals surface area contributed by atoms with E-state index in [1.165, 1.54) is 19.3 Å². The van der Waals surface area contributed by atoms with E-state index in [4.69, 9.17) is 9.57 Å². The Kier molecular flexibility index (Phi) is 5.89. The number of fused-ring (bicyclic) bond motifs is 2. The summed E-state index contributed by atoms with van der Waals surface area (Å²) in [4.78, 5) is 21.8. The molecule has 29 heavy (non-hydrogen) atoms. The average molecular weight is 391 g/mol. The zero-order valence-electron chi connectivity index (χ0n) is 16.6. The smallest absolute Gasteiger partial charge is 0.347 e. The van der Waals surface area contributed by atoms with Crippen molar-refractivity contribution in [2.24, 2.45) is 5.16 Å². The highest BCUT2D eigenvalue weighted by Gasteiger charge is 2.12. The van der Waals surface area contributed by atoms with Crippen molar-refractivity contribution in [2.75, 3.05) is 13.2 Å². The fourth-order valence-electron chi connectivity index (χ4n) is 3.67. The van der Waals surface area contributed by atoms with Gasteiger partial charge < -0.3 is 14.0 Å². The van der Waals surface area contributed by atoms with Crippen molar-refractivity contribution in [3.05, 3.63) is 54.1 Å². The second kappa shape index (κ2) is 8.90. The van der Waals surface area contributed by atoms with Crippen LogP contribution in [0.1, 0.15) is 39.0 Å². The second-order valence-corrected chi connectivity index (χ2v) is 7.15. The fourth-order valence-corrected chi connectivity index (χ4v) is 3.67. The summed E-state index contributed by atoms with van der Waals surface area (Å²) < 4.78 is 7.29. The maximum Gasteiger partial charge on any atom is 0.347 e. The van der Waals surface area contributed by atoms with Crippen LogP contribution in [0.2, 0.25) is 0 Å². The molecule has 4 rings (SSSR count). The molecule has 0 atom stereocenters. The Morgan fingerprint density at radius 2 is 1.93 bits per heavy atom. The molecule has 0 spiro atoms.